The van der Waals surface area contributed by atoms with Crippen LogP contribution in [0.1, 0.15) is 24.2 Å². The van der Waals surface area contributed by atoms with Gasteiger partial charge in [0, 0.05) is 17.5 Å². The van der Waals surface area contributed by atoms with Crippen LogP contribution in [0.5, 0.6) is 0 Å². The first-order valence-electron chi connectivity index (χ1n) is 7.28. The molecular formula is C16H16N4O2S. The maximum Gasteiger partial charge on any atom is 0.255 e. The first kappa shape index (κ1) is 15.5. The highest BCUT2D eigenvalue weighted by Gasteiger charge is 2.11. The lowest BCUT2D eigenvalue weighted by Gasteiger charge is -2.06. The number of hydrogen-bond acceptors (Lipinski definition) is 6. The van der Waals surface area contributed by atoms with Gasteiger partial charge in [0.25, 0.3) is 5.56 Å². The Morgan fingerprint density at radius 1 is 1.22 bits per heavy atom. The Labute approximate surface area is 137 Å². The Morgan fingerprint density at radius 2 is 2.00 bits per heavy atom. The van der Waals surface area contributed by atoms with Crippen LogP contribution in [0.4, 0.5) is 0 Å². The summed E-state index contributed by atoms with van der Waals surface area (Å²) in [5.41, 5.74) is 2.08. The third-order valence-corrected chi connectivity index (χ3v) is 4.19. The van der Waals surface area contributed by atoms with E-state index in [4.69, 9.17) is 4.52 Å². The molecule has 0 amide bonds. The minimum atomic E-state index is -0.138. The first-order chi connectivity index (χ1) is 11.2. The van der Waals surface area contributed by atoms with E-state index in [0.29, 0.717) is 33.9 Å². The van der Waals surface area contributed by atoms with E-state index in [0.717, 1.165) is 12.0 Å². The lowest BCUT2D eigenvalue weighted by atomic mass is 10.1. The van der Waals surface area contributed by atoms with Crippen molar-refractivity contribution in [2.24, 2.45) is 0 Å². The SMILES string of the molecule is CCc1noc(CSc2nc(-c3ccccc3)c(C)c(=O)[nH]2)n1. The van der Waals surface area contributed by atoms with Gasteiger partial charge in [-0.05, 0) is 6.92 Å². The van der Waals surface area contributed by atoms with Gasteiger partial charge in [0.15, 0.2) is 11.0 Å². The molecule has 0 fully saturated rings. The predicted octanol–water partition coefficient (Wildman–Crippen LogP) is 2.98. The summed E-state index contributed by atoms with van der Waals surface area (Å²) in [5.74, 6) is 1.67. The van der Waals surface area contributed by atoms with Gasteiger partial charge in [-0.1, -0.05) is 54.2 Å². The van der Waals surface area contributed by atoms with Gasteiger partial charge < -0.3 is 9.51 Å². The smallest absolute Gasteiger partial charge is 0.255 e. The summed E-state index contributed by atoms with van der Waals surface area (Å²) in [6, 6.07) is 9.66. The first-order valence-corrected chi connectivity index (χ1v) is 8.26. The summed E-state index contributed by atoms with van der Waals surface area (Å²) < 4.78 is 5.14. The van der Waals surface area contributed by atoms with Crippen molar-refractivity contribution in [3.8, 4) is 11.3 Å². The van der Waals surface area contributed by atoms with Crippen LogP contribution in [0.3, 0.4) is 0 Å². The molecule has 0 atom stereocenters. The Hall–Kier alpha value is -2.41. The molecule has 2 heterocycles. The fourth-order valence-electron chi connectivity index (χ4n) is 2.08. The van der Waals surface area contributed by atoms with E-state index < -0.39 is 0 Å². The van der Waals surface area contributed by atoms with E-state index in [-0.39, 0.29) is 5.56 Å². The maximum atomic E-state index is 12.1. The molecule has 1 aromatic carbocycles. The van der Waals surface area contributed by atoms with Crippen molar-refractivity contribution in [1.29, 1.82) is 0 Å². The van der Waals surface area contributed by atoms with E-state index in [9.17, 15) is 4.79 Å². The molecule has 0 radical (unpaired) electrons. The Kier molecular flexibility index (Phi) is 4.57. The van der Waals surface area contributed by atoms with Crippen LogP contribution in [0.15, 0.2) is 44.8 Å². The van der Waals surface area contributed by atoms with E-state index in [1.807, 2.05) is 37.3 Å². The lowest BCUT2D eigenvalue weighted by molar-refractivity contribution is 0.385. The molecule has 23 heavy (non-hydrogen) atoms. The summed E-state index contributed by atoms with van der Waals surface area (Å²) in [6.07, 6.45) is 0.728. The second kappa shape index (κ2) is 6.78. The number of nitrogens with zero attached hydrogens (tertiary/aromatic N) is 3. The van der Waals surface area contributed by atoms with Gasteiger partial charge >= 0.3 is 0 Å². The minimum Gasteiger partial charge on any atom is -0.338 e. The number of nitrogens with one attached hydrogen (secondary N) is 1. The normalized spacial score (nSPS) is 10.9. The molecule has 0 saturated heterocycles. The van der Waals surface area contributed by atoms with E-state index in [1.165, 1.54) is 11.8 Å². The molecule has 0 bridgehead atoms. The Morgan fingerprint density at radius 3 is 2.70 bits per heavy atom. The number of aromatic amines is 1. The second-order valence-corrected chi connectivity index (χ2v) is 5.92. The van der Waals surface area contributed by atoms with Crippen molar-refractivity contribution in [3.05, 3.63) is 58.0 Å². The molecule has 0 saturated carbocycles. The lowest BCUT2D eigenvalue weighted by Crippen LogP contribution is -2.14. The summed E-state index contributed by atoms with van der Waals surface area (Å²) in [5, 5.41) is 4.39. The highest BCUT2D eigenvalue weighted by atomic mass is 32.2. The number of hydrogen-bond donors (Lipinski definition) is 1. The number of thioether (sulfide) groups is 1. The average Bonchev–Trinajstić information content (AvgIpc) is 3.04. The third kappa shape index (κ3) is 3.50. The van der Waals surface area contributed by atoms with Crippen LogP contribution in [0, 0.1) is 6.92 Å². The van der Waals surface area contributed by atoms with Crippen molar-refractivity contribution in [1.82, 2.24) is 20.1 Å². The van der Waals surface area contributed by atoms with E-state index in [1.54, 1.807) is 6.92 Å². The van der Waals surface area contributed by atoms with Crippen molar-refractivity contribution in [2.45, 2.75) is 31.2 Å². The van der Waals surface area contributed by atoms with Gasteiger partial charge in [-0.2, -0.15) is 4.98 Å². The topological polar surface area (TPSA) is 84.7 Å². The highest BCUT2D eigenvalue weighted by molar-refractivity contribution is 7.98. The number of benzene rings is 1. The fraction of sp³-hybridized carbons (Fsp3) is 0.250. The standard InChI is InChI=1S/C16H16N4O2S/c1-3-12-17-13(22-20-12)9-23-16-18-14(10(2)15(21)19-16)11-7-5-4-6-8-11/h4-8H,3,9H2,1-2H3,(H,18,19,21). The van der Waals surface area contributed by atoms with Crippen LogP contribution in [0.25, 0.3) is 11.3 Å². The molecule has 2 aromatic heterocycles. The van der Waals surface area contributed by atoms with Gasteiger partial charge in [-0.25, -0.2) is 4.98 Å². The zero-order valence-electron chi connectivity index (χ0n) is 12.9. The minimum absolute atomic E-state index is 0.138. The molecule has 0 aliphatic heterocycles. The van der Waals surface area contributed by atoms with Crippen molar-refractivity contribution in [2.75, 3.05) is 0 Å². The molecule has 0 unspecified atom stereocenters. The maximum absolute atomic E-state index is 12.1. The number of aryl methyl sites for hydroxylation is 1. The average molecular weight is 328 g/mol. The summed E-state index contributed by atoms with van der Waals surface area (Å²) >= 11 is 1.37. The van der Waals surface area contributed by atoms with Gasteiger partial charge in [-0.3, -0.25) is 4.79 Å². The molecule has 3 rings (SSSR count). The van der Waals surface area contributed by atoms with Crippen LogP contribution in [0.2, 0.25) is 0 Å². The number of H-pyrrole nitrogens is 1. The molecule has 0 aliphatic rings. The van der Waals surface area contributed by atoms with Crippen molar-refractivity contribution in [3.63, 3.8) is 0 Å². The van der Waals surface area contributed by atoms with Crippen molar-refractivity contribution < 1.29 is 4.52 Å². The van der Waals surface area contributed by atoms with E-state index in [2.05, 4.69) is 20.1 Å². The molecule has 3 aromatic rings. The zero-order chi connectivity index (χ0) is 16.2. The van der Waals surface area contributed by atoms with E-state index >= 15 is 0 Å². The predicted molar refractivity (Wildman–Crippen MR) is 88.3 cm³/mol. The van der Waals surface area contributed by atoms with Gasteiger partial charge in [0.05, 0.1) is 11.4 Å². The van der Waals surface area contributed by atoms with Crippen molar-refractivity contribution >= 4 is 11.8 Å². The molecule has 1 N–H and O–H groups in total. The van der Waals surface area contributed by atoms with Crippen LogP contribution in [-0.4, -0.2) is 20.1 Å². The summed E-state index contributed by atoms with van der Waals surface area (Å²) in [4.78, 5) is 23.7. The molecular weight excluding hydrogens is 312 g/mol. The van der Waals surface area contributed by atoms with Gasteiger partial charge in [0.2, 0.25) is 5.89 Å². The highest BCUT2D eigenvalue weighted by Crippen LogP contribution is 2.23. The van der Waals surface area contributed by atoms with Gasteiger partial charge in [-0.15, -0.1) is 0 Å². The van der Waals surface area contributed by atoms with Gasteiger partial charge in [0.1, 0.15) is 0 Å². The Bertz CT molecular complexity index is 858. The molecule has 7 heteroatoms. The van der Waals surface area contributed by atoms with Crippen LogP contribution < -0.4 is 5.56 Å². The molecule has 118 valence electrons. The van der Waals surface area contributed by atoms with Crippen LogP contribution >= 0.6 is 11.8 Å². The fourth-order valence-corrected chi connectivity index (χ4v) is 2.78. The summed E-state index contributed by atoms with van der Waals surface area (Å²) in [6.45, 7) is 3.74. The monoisotopic (exact) mass is 328 g/mol. The Balaban J connectivity index is 1.85. The van der Waals surface area contributed by atoms with Crippen LogP contribution in [-0.2, 0) is 12.2 Å². The largest absolute Gasteiger partial charge is 0.338 e. The molecule has 0 aliphatic carbocycles. The quantitative estimate of drug-likeness (QED) is 0.572. The number of aromatic nitrogens is 4. The number of rotatable bonds is 5. The third-order valence-electron chi connectivity index (χ3n) is 3.34. The zero-order valence-corrected chi connectivity index (χ0v) is 13.7. The second-order valence-electron chi connectivity index (χ2n) is 4.96. The molecule has 0 spiro atoms. The summed E-state index contributed by atoms with van der Waals surface area (Å²) in [7, 11) is 0. The molecule has 6 nitrogen and oxygen atoms in total.